The lowest BCUT2D eigenvalue weighted by Gasteiger charge is -2.23. The molecular formula is C11H22N2O6SSi. The topological polar surface area (TPSA) is 93.7 Å². The third kappa shape index (κ3) is 6.24. The fraction of sp³-hybridized carbons (Fsp3) is 0.727. The normalized spacial score (nSPS) is 12.8. The maximum absolute atomic E-state index is 10.6. The van der Waals surface area contributed by atoms with Crippen LogP contribution in [0.4, 0.5) is 0 Å². The number of hydrogen-bond acceptors (Lipinski definition) is 6. The van der Waals surface area contributed by atoms with Gasteiger partial charge in [0.15, 0.2) is 0 Å². The molecule has 0 bridgehead atoms. The van der Waals surface area contributed by atoms with E-state index in [1.54, 1.807) is 38.4 Å². The lowest BCUT2D eigenvalue weighted by Crippen LogP contribution is -2.43. The average Bonchev–Trinajstić information content (AvgIpc) is 2.89. The van der Waals surface area contributed by atoms with Gasteiger partial charge in [-0.25, -0.2) is 17.6 Å². The average molecular weight is 338 g/mol. The van der Waals surface area contributed by atoms with Crippen molar-refractivity contribution in [2.45, 2.75) is 25.6 Å². The Balaban J connectivity index is 2.45. The Morgan fingerprint density at radius 1 is 1.24 bits per heavy atom. The summed E-state index contributed by atoms with van der Waals surface area (Å²) >= 11 is 0. The molecule has 21 heavy (non-hydrogen) atoms. The van der Waals surface area contributed by atoms with Gasteiger partial charge in [0.05, 0.1) is 22.4 Å². The van der Waals surface area contributed by atoms with Gasteiger partial charge in [-0.05, 0) is 6.42 Å². The number of nitrogens with zero attached hydrogens (tertiary/aromatic N) is 2. The molecule has 0 spiro atoms. The minimum atomic E-state index is -4.18. The van der Waals surface area contributed by atoms with Crippen LogP contribution in [-0.4, -0.2) is 53.4 Å². The summed E-state index contributed by atoms with van der Waals surface area (Å²) in [4.78, 5) is 0. The molecule has 1 aromatic heterocycles. The zero-order valence-corrected chi connectivity index (χ0v) is 14.3. The van der Waals surface area contributed by atoms with E-state index in [0.29, 0.717) is 6.04 Å². The van der Waals surface area contributed by atoms with Crippen LogP contribution in [0.1, 0.15) is 6.42 Å². The van der Waals surface area contributed by atoms with Crippen LogP contribution < -0.4 is 4.57 Å². The summed E-state index contributed by atoms with van der Waals surface area (Å²) in [6.45, 7) is 0.883. The molecule has 0 fully saturated rings. The Bertz CT molecular complexity index is 520. The lowest BCUT2D eigenvalue weighted by atomic mass is 10.5. The van der Waals surface area contributed by atoms with Crippen molar-refractivity contribution < 1.29 is 30.8 Å². The summed E-state index contributed by atoms with van der Waals surface area (Å²) in [5.41, 5.74) is 0. The molecule has 0 aliphatic heterocycles. The van der Waals surface area contributed by atoms with E-state index in [1.807, 2.05) is 10.8 Å². The van der Waals surface area contributed by atoms with E-state index in [4.69, 9.17) is 13.3 Å². The fourth-order valence-corrected chi connectivity index (χ4v) is 4.09. The van der Waals surface area contributed by atoms with Gasteiger partial charge in [-0.3, -0.25) is 0 Å². The highest BCUT2D eigenvalue weighted by atomic mass is 32.2. The monoisotopic (exact) mass is 338 g/mol. The first-order valence-electron chi connectivity index (χ1n) is 6.48. The van der Waals surface area contributed by atoms with Crippen LogP contribution in [0, 0.1) is 0 Å². The van der Waals surface area contributed by atoms with Gasteiger partial charge in [-0.1, -0.05) is 0 Å². The standard InChI is InChI=1S/C11H22N2O6SSi/c1-17-21(18-2,19-3)10-4-5-12-6-7-13(11-12)8-9-20(14,15)16/h6-7,11H,4-5,8-10H2,1-3H3. The molecule has 122 valence electrons. The zero-order chi connectivity index (χ0) is 15.9. The maximum atomic E-state index is 10.6. The molecule has 8 nitrogen and oxygen atoms in total. The third-order valence-electron chi connectivity index (χ3n) is 3.18. The molecule has 0 saturated carbocycles. The van der Waals surface area contributed by atoms with Crippen molar-refractivity contribution in [3.8, 4) is 0 Å². The summed E-state index contributed by atoms with van der Waals surface area (Å²) in [7, 11) is -2.00. The van der Waals surface area contributed by atoms with Gasteiger partial charge in [0, 0.05) is 27.4 Å². The van der Waals surface area contributed by atoms with Crippen molar-refractivity contribution in [1.82, 2.24) is 4.57 Å². The molecule has 0 saturated heterocycles. The predicted octanol–water partition coefficient (Wildman–Crippen LogP) is -0.411. The molecule has 0 radical (unpaired) electrons. The first-order chi connectivity index (χ1) is 9.84. The first kappa shape index (κ1) is 18.3. The predicted molar refractivity (Wildman–Crippen MR) is 75.4 cm³/mol. The molecule has 1 heterocycles. The summed E-state index contributed by atoms with van der Waals surface area (Å²) in [5.74, 6) is -0.408. The van der Waals surface area contributed by atoms with Crippen LogP contribution in [0.3, 0.4) is 0 Å². The minimum Gasteiger partial charge on any atom is -0.748 e. The highest BCUT2D eigenvalue weighted by molar-refractivity contribution is 7.85. The number of hydrogen-bond donors (Lipinski definition) is 0. The van der Waals surface area contributed by atoms with Crippen LogP contribution in [0.2, 0.25) is 6.04 Å². The van der Waals surface area contributed by atoms with E-state index in [0.717, 1.165) is 13.0 Å². The highest BCUT2D eigenvalue weighted by Gasteiger charge is 2.37. The molecule has 0 aromatic carbocycles. The summed E-state index contributed by atoms with van der Waals surface area (Å²) < 4.78 is 51.3. The molecular weight excluding hydrogens is 316 g/mol. The van der Waals surface area contributed by atoms with E-state index in [-0.39, 0.29) is 6.54 Å². The first-order valence-corrected chi connectivity index (χ1v) is 9.99. The van der Waals surface area contributed by atoms with Crippen LogP contribution in [0.15, 0.2) is 18.7 Å². The number of aromatic nitrogens is 2. The second-order valence-electron chi connectivity index (χ2n) is 4.55. The Hall–Kier alpha value is -0.783. The summed E-state index contributed by atoms with van der Waals surface area (Å²) in [6, 6.07) is 0.684. The molecule has 0 amide bonds. The number of aryl methyl sites for hydroxylation is 2. The fourth-order valence-electron chi connectivity index (χ4n) is 1.95. The molecule has 0 aliphatic carbocycles. The SMILES string of the molecule is CO[Si](CCC[n+]1ccn(CCS(=O)(=O)[O-])c1)(OC)OC. The molecule has 10 heteroatoms. The third-order valence-corrected chi connectivity index (χ3v) is 6.69. The second-order valence-corrected chi connectivity index (χ2v) is 9.16. The van der Waals surface area contributed by atoms with E-state index < -0.39 is 24.7 Å². The molecule has 0 atom stereocenters. The van der Waals surface area contributed by atoms with Gasteiger partial charge in [-0.2, -0.15) is 0 Å². The largest absolute Gasteiger partial charge is 0.748 e. The Kier molecular flexibility index (Phi) is 6.97. The van der Waals surface area contributed by atoms with Gasteiger partial charge < -0.3 is 17.8 Å². The molecule has 1 aromatic rings. The van der Waals surface area contributed by atoms with Crippen LogP contribution >= 0.6 is 0 Å². The Labute approximate surface area is 126 Å². The van der Waals surface area contributed by atoms with Gasteiger partial charge in [0.25, 0.3) is 0 Å². The van der Waals surface area contributed by atoms with Crippen molar-refractivity contribution >= 4 is 18.9 Å². The van der Waals surface area contributed by atoms with E-state index in [9.17, 15) is 13.0 Å². The Morgan fingerprint density at radius 2 is 1.86 bits per heavy atom. The molecule has 0 N–H and O–H groups in total. The smallest absolute Gasteiger partial charge is 0.500 e. The highest BCUT2D eigenvalue weighted by Crippen LogP contribution is 2.14. The van der Waals surface area contributed by atoms with E-state index in [1.165, 1.54) is 0 Å². The quantitative estimate of drug-likeness (QED) is 0.327. The van der Waals surface area contributed by atoms with Crippen molar-refractivity contribution in [3.63, 3.8) is 0 Å². The number of imidazole rings is 1. The van der Waals surface area contributed by atoms with Gasteiger partial charge in [0.2, 0.25) is 6.33 Å². The number of rotatable bonds is 10. The van der Waals surface area contributed by atoms with Crippen molar-refractivity contribution in [2.24, 2.45) is 0 Å². The van der Waals surface area contributed by atoms with Gasteiger partial charge in [-0.15, -0.1) is 0 Å². The molecule has 1 rings (SSSR count). The maximum Gasteiger partial charge on any atom is 0.500 e. The van der Waals surface area contributed by atoms with E-state index >= 15 is 0 Å². The second kappa shape index (κ2) is 8.01. The minimum absolute atomic E-state index is 0.158. The van der Waals surface area contributed by atoms with Gasteiger partial charge >= 0.3 is 8.80 Å². The van der Waals surface area contributed by atoms with Crippen molar-refractivity contribution in [2.75, 3.05) is 27.1 Å². The van der Waals surface area contributed by atoms with Crippen LogP contribution in [0.5, 0.6) is 0 Å². The molecule has 0 aliphatic rings. The van der Waals surface area contributed by atoms with Gasteiger partial charge in [0.1, 0.15) is 18.9 Å². The Morgan fingerprint density at radius 3 is 2.38 bits per heavy atom. The van der Waals surface area contributed by atoms with Crippen molar-refractivity contribution in [3.05, 3.63) is 18.7 Å². The summed E-state index contributed by atoms with van der Waals surface area (Å²) in [6.07, 6.45) is 6.13. The van der Waals surface area contributed by atoms with Crippen LogP contribution in [-0.2, 0) is 36.5 Å². The lowest BCUT2D eigenvalue weighted by molar-refractivity contribution is -0.696. The zero-order valence-electron chi connectivity index (χ0n) is 12.5. The van der Waals surface area contributed by atoms with Crippen molar-refractivity contribution in [1.29, 1.82) is 0 Å². The molecule has 0 unspecified atom stereocenters. The summed E-state index contributed by atoms with van der Waals surface area (Å²) in [5, 5.41) is 0. The van der Waals surface area contributed by atoms with E-state index in [2.05, 4.69) is 0 Å². The van der Waals surface area contributed by atoms with Crippen LogP contribution in [0.25, 0.3) is 0 Å².